The molecule has 108 valence electrons. The van der Waals surface area contributed by atoms with Gasteiger partial charge in [0.25, 0.3) is 0 Å². The highest BCUT2D eigenvalue weighted by Crippen LogP contribution is 2.36. The molecule has 1 heterocycles. The minimum atomic E-state index is -2.19. The Morgan fingerprint density at radius 1 is 0.950 bits per heavy atom. The minimum absolute atomic E-state index is 0.199. The number of rotatable bonds is 3. The Morgan fingerprint density at radius 2 is 1.45 bits per heavy atom. The molecule has 20 heavy (non-hydrogen) atoms. The summed E-state index contributed by atoms with van der Waals surface area (Å²) in [5.41, 5.74) is -1.05. The van der Waals surface area contributed by atoms with Crippen molar-refractivity contribution in [1.29, 1.82) is 0 Å². The lowest BCUT2D eigenvalue weighted by molar-refractivity contribution is 0.381. The molecule has 2 rings (SSSR count). The smallest absolute Gasteiger partial charge is 0.200 e. The van der Waals surface area contributed by atoms with Crippen molar-refractivity contribution in [2.24, 2.45) is 0 Å². The first-order chi connectivity index (χ1) is 9.38. The molecule has 0 aliphatic heterocycles. The highest BCUT2D eigenvalue weighted by molar-refractivity contribution is 9.09. The van der Waals surface area contributed by atoms with Crippen LogP contribution >= 0.6 is 27.3 Å². The molecule has 1 aromatic heterocycles. The summed E-state index contributed by atoms with van der Waals surface area (Å²) in [7, 11) is 0. The first-order valence-corrected chi connectivity index (χ1v) is 7.10. The molecule has 0 amide bonds. The zero-order valence-electron chi connectivity index (χ0n) is 9.85. The molecule has 0 saturated heterocycles. The van der Waals surface area contributed by atoms with Gasteiger partial charge in [0, 0.05) is 0 Å². The Balaban J connectivity index is 2.61. The molecule has 0 bridgehead atoms. The molecule has 0 radical (unpaired) electrons. The molecule has 0 saturated carbocycles. The predicted molar refractivity (Wildman–Crippen MR) is 67.1 cm³/mol. The van der Waals surface area contributed by atoms with Crippen LogP contribution in [0, 0.1) is 29.1 Å². The maximum atomic E-state index is 13.6. The molecule has 0 aliphatic rings. The zero-order chi connectivity index (χ0) is 15.0. The Labute approximate surface area is 122 Å². The van der Waals surface area contributed by atoms with Crippen molar-refractivity contribution < 1.29 is 22.0 Å². The van der Waals surface area contributed by atoms with Crippen LogP contribution < -0.4 is 0 Å². The molecule has 2 aromatic rings. The number of aromatic nitrogens is 2. The molecule has 1 aromatic carbocycles. The van der Waals surface area contributed by atoms with Crippen LogP contribution in [0.3, 0.4) is 0 Å². The molecular formula is C11H6BrF5N2S. The summed E-state index contributed by atoms with van der Waals surface area (Å²) in [6, 6.07) is 0. The van der Waals surface area contributed by atoms with Gasteiger partial charge in [-0.25, -0.2) is 22.0 Å². The van der Waals surface area contributed by atoms with Gasteiger partial charge in [0.05, 0.1) is 10.4 Å². The maximum Gasteiger partial charge on any atom is 0.200 e. The van der Waals surface area contributed by atoms with Crippen LogP contribution in [-0.2, 0) is 0 Å². The Hall–Kier alpha value is -1.09. The largest absolute Gasteiger partial charge is 0.203 e. The van der Waals surface area contributed by atoms with Crippen LogP contribution in [0.1, 0.15) is 23.2 Å². The summed E-state index contributed by atoms with van der Waals surface area (Å²) in [6.07, 6.45) is 0.631. The van der Waals surface area contributed by atoms with Crippen molar-refractivity contribution >= 4 is 27.3 Å². The molecule has 0 fully saturated rings. The SMILES string of the molecule is CCC(Br)c1nnc(-c2c(F)c(F)c(F)c(F)c2F)s1. The van der Waals surface area contributed by atoms with Gasteiger partial charge in [-0.05, 0) is 6.42 Å². The average Bonchev–Trinajstić information content (AvgIpc) is 2.92. The van der Waals surface area contributed by atoms with Gasteiger partial charge in [-0.15, -0.1) is 10.2 Å². The van der Waals surface area contributed by atoms with E-state index in [1.54, 1.807) is 0 Å². The second-order valence-corrected chi connectivity index (χ2v) is 5.88. The lowest BCUT2D eigenvalue weighted by atomic mass is 10.2. The van der Waals surface area contributed by atoms with E-state index < -0.39 is 34.6 Å². The van der Waals surface area contributed by atoms with Gasteiger partial charge in [-0.2, -0.15) is 0 Å². The van der Waals surface area contributed by atoms with Gasteiger partial charge in [0.2, 0.25) is 5.82 Å². The first-order valence-electron chi connectivity index (χ1n) is 5.37. The molecule has 2 nitrogen and oxygen atoms in total. The third kappa shape index (κ3) is 2.44. The Bertz CT molecular complexity index is 631. The number of halogens is 6. The number of nitrogens with zero attached hydrogens (tertiary/aromatic N) is 2. The van der Waals surface area contributed by atoms with E-state index in [1.165, 1.54) is 0 Å². The summed E-state index contributed by atoms with van der Waals surface area (Å²) >= 11 is 4.03. The van der Waals surface area contributed by atoms with E-state index in [0.717, 1.165) is 11.3 Å². The summed E-state index contributed by atoms with van der Waals surface area (Å²) in [5, 5.41) is 7.21. The summed E-state index contributed by atoms with van der Waals surface area (Å²) in [5.74, 6) is -10.0. The van der Waals surface area contributed by atoms with Crippen molar-refractivity contribution in [3.05, 3.63) is 34.1 Å². The zero-order valence-corrected chi connectivity index (χ0v) is 12.3. The van der Waals surface area contributed by atoms with Gasteiger partial charge < -0.3 is 0 Å². The van der Waals surface area contributed by atoms with E-state index in [2.05, 4.69) is 26.1 Å². The van der Waals surface area contributed by atoms with Gasteiger partial charge in [0.1, 0.15) is 5.01 Å². The fourth-order valence-corrected chi connectivity index (χ4v) is 2.74. The molecule has 9 heteroatoms. The lowest BCUT2D eigenvalue weighted by Gasteiger charge is -2.04. The fourth-order valence-electron chi connectivity index (χ4n) is 1.43. The Kier molecular flexibility index (Phi) is 4.38. The summed E-state index contributed by atoms with van der Waals surface area (Å²) < 4.78 is 66.3. The topological polar surface area (TPSA) is 25.8 Å². The van der Waals surface area contributed by atoms with E-state index in [0.29, 0.717) is 11.4 Å². The first kappa shape index (κ1) is 15.3. The number of benzene rings is 1. The predicted octanol–water partition coefficient (Wildman–Crippen LogP) is 4.75. The van der Waals surface area contributed by atoms with Gasteiger partial charge in [-0.1, -0.05) is 34.2 Å². The van der Waals surface area contributed by atoms with E-state index in [1.807, 2.05) is 6.92 Å². The molecule has 1 atom stereocenters. The van der Waals surface area contributed by atoms with E-state index in [9.17, 15) is 22.0 Å². The monoisotopic (exact) mass is 372 g/mol. The third-order valence-electron chi connectivity index (χ3n) is 2.49. The number of hydrogen-bond acceptors (Lipinski definition) is 3. The third-order valence-corrected chi connectivity index (χ3v) is 4.93. The average molecular weight is 373 g/mol. The van der Waals surface area contributed by atoms with Crippen LogP contribution in [0.4, 0.5) is 22.0 Å². The van der Waals surface area contributed by atoms with Crippen LogP contribution in [0.5, 0.6) is 0 Å². The normalized spacial score (nSPS) is 12.8. The molecule has 0 N–H and O–H groups in total. The molecule has 0 spiro atoms. The van der Waals surface area contributed by atoms with E-state index in [4.69, 9.17) is 0 Å². The van der Waals surface area contributed by atoms with Crippen LogP contribution in [0.15, 0.2) is 0 Å². The van der Waals surface area contributed by atoms with Crippen molar-refractivity contribution in [1.82, 2.24) is 10.2 Å². The Morgan fingerprint density at radius 3 is 1.95 bits per heavy atom. The number of alkyl halides is 1. The van der Waals surface area contributed by atoms with Gasteiger partial charge in [0.15, 0.2) is 28.3 Å². The maximum absolute atomic E-state index is 13.6. The fraction of sp³-hybridized carbons (Fsp3) is 0.273. The minimum Gasteiger partial charge on any atom is -0.203 e. The second kappa shape index (κ2) is 5.72. The summed E-state index contributed by atoms with van der Waals surface area (Å²) in [6.45, 7) is 1.83. The van der Waals surface area contributed by atoms with Crippen molar-refractivity contribution in [2.45, 2.75) is 18.2 Å². The van der Waals surface area contributed by atoms with Gasteiger partial charge in [-0.3, -0.25) is 0 Å². The number of hydrogen-bond donors (Lipinski definition) is 0. The highest BCUT2D eigenvalue weighted by atomic mass is 79.9. The van der Waals surface area contributed by atoms with E-state index in [-0.39, 0.29) is 9.83 Å². The second-order valence-electron chi connectivity index (χ2n) is 3.77. The van der Waals surface area contributed by atoms with Crippen molar-refractivity contribution in [3.63, 3.8) is 0 Å². The van der Waals surface area contributed by atoms with Crippen LogP contribution in [-0.4, -0.2) is 10.2 Å². The van der Waals surface area contributed by atoms with Crippen molar-refractivity contribution in [2.75, 3.05) is 0 Å². The summed E-state index contributed by atoms with van der Waals surface area (Å²) in [4.78, 5) is -0.199. The quantitative estimate of drug-likeness (QED) is 0.336. The molecule has 0 aliphatic carbocycles. The lowest BCUT2D eigenvalue weighted by Crippen LogP contribution is -2.03. The van der Waals surface area contributed by atoms with Crippen molar-refractivity contribution in [3.8, 4) is 10.6 Å². The van der Waals surface area contributed by atoms with E-state index >= 15 is 0 Å². The molecule has 1 unspecified atom stereocenters. The standard InChI is InChI=1S/C11H6BrF5N2S/c1-2-3(12)10-18-19-11(20-10)4-5(13)7(15)9(17)8(16)6(4)14/h3H,2H2,1H3. The molecular weight excluding hydrogens is 367 g/mol. The van der Waals surface area contributed by atoms with Crippen LogP contribution in [0.2, 0.25) is 0 Å². The van der Waals surface area contributed by atoms with Gasteiger partial charge >= 0.3 is 0 Å². The van der Waals surface area contributed by atoms with Crippen LogP contribution in [0.25, 0.3) is 10.6 Å². The highest BCUT2D eigenvalue weighted by Gasteiger charge is 2.29.